The summed E-state index contributed by atoms with van der Waals surface area (Å²) in [7, 11) is 0. The first-order valence-electron chi connectivity index (χ1n) is 4.41. The van der Waals surface area contributed by atoms with Crippen LogP contribution < -0.4 is 0 Å². The summed E-state index contributed by atoms with van der Waals surface area (Å²) in [6, 6.07) is 3.35. The van der Waals surface area contributed by atoms with Crippen molar-refractivity contribution in [1.82, 2.24) is 0 Å². The van der Waals surface area contributed by atoms with Crippen molar-refractivity contribution < 1.29 is 18.8 Å². The lowest BCUT2D eigenvalue weighted by atomic mass is 10.00. The zero-order valence-corrected chi connectivity index (χ0v) is 7.91. The minimum atomic E-state index is -1.26. The van der Waals surface area contributed by atoms with E-state index < -0.39 is 29.1 Å². The molecule has 1 unspecified atom stereocenters. The maximum absolute atomic E-state index is 12.8. The van der Waals surface area contributed by atoms with Gasteiger partial charge in [-0.2, -0.15) is 0 Å². The van der Waals surface area contributed by atoms with Crippen molar-refractivity contribution in [3.63, 3.8) is 0 Å². The molecule has 0 N–H and O–H groups in total. The van der Waals surface area contributed by atoms with E-state index >= 15 is 0 Å². The van der Waals surface area contributed by atoms with E-state index in [0.29, 0.717) is 0 Å². The molecule has 0 saturated heterocycles. The molecule has 1 aliphatic carbocycles. The van der Waals surface area contributed by atoms with Gasteiger partial charge in [-0.25, -0.2) is 4.39 Å². The van der Waals surface area contributed by atoms with Crippen LogP contribution in [0.2, 0.25) is 0 Å². The van der Waals surface area contributed by atoms with Gasteiger partial charge in [0.1, 0.15) is 17.5 Å². The number of benzene rings is 1. The van der Waals surface area contributed by atoms with E-state index in [-0.39, 0.29) is 11.1 Å². The van der Waals surface area contributed by atoms with Gasteiger partial charge in [0.2, 0.25) is 0 Å². The molecule has 0 fully saturated rings. The minimum absolute atomic E-state index is 0.0141. The molecule has 0 saturated carbocycles. The zero-order chi connectivity index (χ0) is 11.2. The Morgan fingerprint density at radius 2 is 1.80 bits per heavy atom. The maximum atomic E-state index is 12.8. The standard InChI is InChI=1S/C11H7FO3/c1-5(13)9-10(14)7-3-2-6(12)4-8(7)11(9)15/h2-4,9H,1H3. The van der Waals surface area contributed by atoms with E-state index in [2.05, 4.69) is 0 Å². The molecule has 0 radical (unpaired) electrons. The molecule has 1 atom stereocenters. The zero-order valence-electron chi connectivity index (χ0n) is 7.91. The SMILES string of the molecule is CC(=O)C1C(=O)c2ccc(F)cc2C1=O. The second kappa shape index (κ2) is 3.08. The number of ketones is 3. The highest BCUT2D eigenvalue weighted by molar-refractivity contribution is 6.35. The quantitative estimate of drug-likeness (QED) is 0.653. The van der Waals surface area contributed by atoms with E-state index in [1.807, 2.05) is 0 Å². The molecular formula is C11H7FO3. The molecular weight excluding hydrogens is 199 g/mol. The topological polar surface area (TPSA) is 51.2 Å². The van der Waals surface area contributed by atoms with Gasteiger partial charge in [0.05, 0.1) is 0 Å². The Labute approximate surface area is 84.9 Å². The van der Waals surface area contributed by atoms with Crippen LogP contribution in [0, 0.1) is 11.7 Å². The Balaban J connectivity index is 2.60. The highest BCUT2D eigenvalue weighted by Crippen LogP contribution is 2.27. The number of rotatable bonds is 1. The van der Waals surface area contributed by atoms with Crippen molar-refractivity contribution in [2.24, 2.45) is 5.92 Å². The first kappa shape index (κ1) is 9.71. The fourth-order valence-corrected chi connectivity index (χ4v) is 1.73. The third kappa shape index (κ3) is 1.29. The second-order valence-corrected chi connectivity index (χ2v) is 3.46. The Kier molecular flexibility index (Phi) is 2.00. The van der Waals surface area contributed by atoms with Crippen molar-refractivity contribution in [3.05, 3.63) is 35.1 Å². The van der Waals surface area contributed by atoms with Crippen LogP contribution in [0.4, 0.5) is 4.39 Å². The number of hydrogen-bond donors (Lipinski definition) is 0. The fourth-order valence-electron chi connectivity index (χ4n) is 1.73. The van der Waals surface area contributed by atoms with Gasteiger partial charge in [-0.05, 0) is 25.1 Å². The molecule has 0 amide bonds. The summed E-state index contributed by atoms with van der Waals surface area (Å²) in [5.41, 5.74) is 0.154. The van der Waals surface area contributed by atoms with Gasteiger partial charge in [0.25, 0.3) is 0 Å². The molecule has 2 rings (SSSR count). The summed E-state index contributed by atoms with van der Waals surface area (Å²) in [5.74, 6) is -3.47. The number of carbonyl (C=O) groups excluding carboxylic acids is 3. The first-order chi connectivity index (χ1) is 7.02. The molecule has 0 aliphatic heterocycles. The van der Waals surface area contributed by atoms with Crippen molar-refractivity contribution >= 4 is 17.3 Å². The van der Waals surface area contributed by atoms with Crippen LogP contribution in [0.25, 0.3) is 0 Å². The summed E-state index contributed by atoms with van der Waals surface area (Å²) in [5, 5.41) is 0. The Bertz CT molecular complexity index is 491. The molecule has 0 spiro atoms. The Morgan fingerprint density at radius 1 is 1.20 bits per heavy atom. The van der Waals surface area contributed by atoms with Crippen LogP contribution in [-0.4, -0.2) is 17.3 Å². The molecule has 3 nitrogen and oxygen atoms in total. The predicted molar refractivity (Wildman–Crippen MR) is 49.2 cm³/mol. The second-order valence-electron chi connectivity index (χ2n) is 3.46. The average Bonchev–Trinajstić information content (AvgIpc) is 2.39. The van der Waals surface area contributed by atoms with Gasteiger partial charge in [-0.15, -0.1) is 0 Å². The minimum Gasteiger partial charge on any atom is -0.299 e. The van der Waals surface area contributed by atoms with Gasteiger partial charge in [0, 0.05) is 11.1 Å². The lowest BCUT2D eigenvalue weighted by Gasteiger charge is -1.98. The molecule has 76 valence electrons. The van der Waals surface area contributed by atoms with Crippen molar-refractivity contribution in [2.45, 2.75) is 6.92 Å². The summed E-state index contributed by atoms with van der Waals surface area (Å²) < 4.78 is 12.8. The lowest BCUT2D eigenvalue weighted by Crippen LogP contribution is -2.22. The van der Waals surface area contributed by atoms with E-state index in [1.54, 1.807) is 0 Å². The maximum Gasteiger partial charge on any atom is 0.181 e. The molecule has 15 heavy (non-hydrogen) atoms. The summed E-state index contributed by atoms with van der Waals surface area (Å²) in [6.45, 7) is 1.18. The predicted octanol–water partition coefficient (Wildman–Crippen LogP) is 1.41. The van der Waals surface area contributed by atoms with Crippen LogP contribution in [-0.2, 0) is 4.79 Å². The summed E-state index contributed by atoms with van der Waals surface area (Å²) in [4.78, 5) is 34.3. The van der Waals surface area contributed by atoms with Gasteiger partial charge in [-0.1, -0.05) is 0 Å². The van der Waals surface area contributed by atoms with E-state index in [4.69, 9.17) is 0 Å². The molecule has 0 heterocycles. The fraction of sp³-hybridized carbons (Fsp3) is 0.182. The number of halogens is 1. The molecule has 0 bridgehead atoms. The number of carbonyl (C=O) groups is 3. The number of hydrogen-bond acceptors (Lipinski definition) is 3. The first-order valence-corrected chi connectivity index (χ1v) is 4.41. The monoisotopic (exact) mass is 206 g/mol. The number of Topliss-reactive ketones (excluding diaryl/α,β-unsaturated/α-hetero) is 3. The normalized spacial score (nSPS) is 19.2. The van der Waals surface area contributed by atoms with E-state index in [9.17, 15) is 18.8 Å². The molecule has 4 heteroatoms. The lowest BCUT2D eigenvalue weighted by molar-refractivity contribution is -0.118. The Hall–Kier alpha value is -1.84. The smallest absolute Gasteiger partial charge is 0.181 e. The van der Waals surface area contributed by atoms with Gasteiger partial charge >= 0.3 is 0 Å². The summed E-state index contributed by atoms with van der Waals surface area (Å²) in [6.07, 6.45) is 0. The van der Waals surface area contributed by atoms with Crippen LogP contribution in [0.5, 0.6) is 0 Å². The van der Waals surface area contributed by atoms with Crippen molar-refractivity contribution in [2.75, 3.05) is 0 Å². The van der Waals surface area contributed by atoms with Gasteiger partial charge in [-0.3, -0.25) is 14.4 Å². The highest BCUT2D eigenvalue weighted by Gasteiger charge is 2.41. The van der Waals surface area contributed by atoms with Crippen LogP contribution in [0.15, 0.2) is 18.2 Å². The largest absolute Gasteiger partial charge is 0.299 e. The van der Waals surface area contributed by atoms with E-state index in [0.717, 1.165) is 12.1 Å². The highest BCUT2D eigenvalue weighted by atomic mass is 19.1. The molecule has 1 aromatic rings. The van der Waals surface area contributed by atoms with Crippen LogP contribution in [0.3, 0.4) is 0 Å². The van der Waals surface area contributed by atoms with Crippen LogP contribution in [0.1, 0.15) is 27.6 Å². The number of fused-ring (bicyclic) bond motifs is 1. The van der Waals surface area contributed by atoms with Crippen LogP contribution >= 0.6 is 0 Å². The summed E-state index contributed by atoms with van der Waals surface area (Å²) >= 11 is 0. The molecule has 0 aromatic heterocycles. The van der Waals surface area contributed by atoms with Gasteiger partial charge in [0.15, 0.2) is 11.6 Å². The average molecular weight is 206 g/mol. The molecule has 1 aliphatic rings. The third-order valence-electron chi connectivity index (χ3n) is 2.44. The van der Waals surface area contributed by atoms with Crippen molar-refractivity contribution in [3.8, 4) is 0 Å². The third-order valence-corrected chi connectivity index (χ3v) is 2.44. The van der Waals surface area contributed by atoms with Gasteiger partial charge < -0.3 is 0 Å². The molecule has 1 aromatic carbocycles. The van der Waals surface area contributed by atoms with Crippen molar-refractivity contribution in [1.29, 1.82) is 0 Å². The van der Waals surface area contributed by atoms with E-state index in [1.165, 1.54) is 13.0 Å². The Morgan fingerprint density at radius 3 is 2.40 bits per heavy atom.